The Balaban J connectivity index is 1.47. The first kappa shape index (κ1) is 21.2. The molecule has 0 bridgehead atoms. The van der Waals surface area contributed by atoms with Gasteiger partial charge in [0.2, 0.25) is 23.5 Å². The number of halogens is 1. The fraction of sp³-hybridized carbons (Fsp3) is 0.300. The number of likely N-dealkylation sites (N-methyl/N-ethyl adjacent to an activating group) is 1. The highest BCUT2D eigenvalue weighted by molar-refractivity contribution is 6.18. The predicted molar refractivity (Wildman–Crippen MR) is 104 cm³/mol. The lowest BCUT2D eigenvalue weighted by molar-refractivity contribution is -0.150. The fourth-order valence-corrected chi connectivity index (χ4v) is 3.50. The first-order valence-corrected chi connectivity index (χ1v) is 9.58. The van der Waals surface area contributed by atoms with Crippen LogP contribution in [0.4, 0.5) is 4.39 Å². The summed E-state index contributed by atoms with van der Waals surface area (Å²) in [7, 11) is 2.95. The molecule has 1 aromatic carbocycles. The van der Waals surface area contributed by atoms with Gasteiger partial charge in [0.05, 0.1) is 13.7 Å². The molecular formula is C20H18FN5O6. The SMILES string of the molecule is COc1cc(F)cc(-c2noc(CN(C)C3=CC(=O)N(C4CCC(=O)NC4=O)C3=O)n2)c1. The molecule has 0 aliphatic carbocycles. The number of ether oxygens (including phenoxy) is 1. The average molecular weight is 443 g/mol. The molecule has 4 amide bonds. The van der Waals surface area contributed by atoms with E-state index >= 15 is 0 Å². The van der Waals surface area contributed by atoms with Crippen molar-refractivity contribution in [2.24, 2.45) is 0 Å². The molecule has 1 N–H and O–H groups in total. The Morgan fingerprint density at radius 3 is 2.78 bits per heavy atom. The van der Waals surface area contributed by atoms with E-state index in [1.54, 1.807) is 13.1 Å². The van der Waals surface area contributed by atoms with E-state index < -0.39 is 35.5 Å². The molecule has 11 nitrogen and oxygen atoms in total. The van der Waals surface area contributed by atoms with Crippen molar-refractivity contribution in [3.8, 4) is 17.1 Å². The highest BCUT2D eigenvalue weighted by atomic mass is 19.1. The number of carbonyl (C=O) groups excluding carboxylic acids is 4. The van der Waals surface area contributed by atoms with E-state index in [-0.39, 0.29) is 42.5 Å². The molecule has 0 saturated carbocycles. The molecule has 2 aliphatic rings. The molecule has 0 spiro atoms. The number of rotatable bonds is 6. The van der Waals surface area contributed by atoms with Crippen LogP contribution in [-0.2, 0) is 25.7 Å². The van der Waals surface area contributed by atoms with Crippen molar-refractivity contribution in [3.05, 3.63) is 41.7 Å². The number of nitrogens with zero attached hydrogens (tertiary/aromatic N) is 4. The van der Waals surface area contributed by atoms with Gasteiger partial charge in [-0.25, -0.2) is 4.39 Å². The molecule has 32 heavy (non-hydrogen) atoms. The molecule has 166 valence electrons. The Hall–Kier alpha value is -4.09. The van der Waals surface area contributed by atoms with Gasteiger partial charge < -0.3 is 14.2 Å². The van der Waals surface area contributed by atoms with Crippen LogP contribution in [0, 0.1) is 5.82 Å². The predicted octanol–water partition coefficient (Wildman–Crippen LogP) is 0.374. The van der Waals surface area contributed by atoms with Crippen LogP contribution in [0.25, 0.3) is 11.4 Å². The number of piperidine rings is 1. The van der Waals surface area contributed by atoms with Crippen LogP contribution in [0.15, 0.2) is 34.5 Å². The van der Waals surface area contributed by atoms with Gasteiger partial charge >= 0.3 is 0 Å². The zero-order chi connectivity index (χ0) is 23.0. The Morgan fingerprint density at radius 1 is 1.28 bits per heavy atom. The van der Waals surface area contributed by atoms with Gasteiger partial charge in [-0.1, -0.05) is 5.16 Å². The average Bonchev–Trinajstić information content (AvgIpc) is 3.32. The Kier molecular flexibility index (Phi) is 5.43. The van der Waals surface area contributed by atoms with Gasteiger partial charge in [0.1, 0.15) is 23.3 Å². The van der Waals surface area contributed by atoms with Gasteiger partial charge in [0.25, 0.3) is 11.8 Å². The second-order valence-electron chi connectivity index (χ2n) is 7.26. The third-order valence-electron chi connectivity index (χ3n) is 5.07. The second kappa shape index (κ2) is 8.21. The number of carbonyl (C=O) groups is 4. The summed E-state index contributed by atoms with van der Waals surface area (Å²) in [6, 6.07) is 2.93. The van der Waals surface area contributed by atoms with E-state index in [4.69, 9.17) is 9.26 Å². The standard InChI is InChI=1S/C20H18FN5O6/c1-25(9-16-23-18(24-32-16)10-5-11(21)7-12(6-10)31-2)14-8-17(28)26(20(14)30)13-3-4-15(27)22-19(13)29/h5-8,13H,3-4,9H2,1-2H3,(H,22,27,29). The maximum Gasteiger partial charge on any atom is 0.277 e. The summed E-state index contributed by atoms with van der Waals surface area (Å²) < 4.78 is 24.0. The maximum absolute atomic E-state index is 13.7. The molecule has 2 aromatic rings. The number of methoxy groups -OCH3 is 1. The molecule has 12 heteroatoms. The third kappa shape index (κ3) is 3.94. The summed E-state index contributed by atoms with van der Waals surface area (Å²) in [5, 5.41) is 5.95. The topological polar surface area (TPSA) is 135 Å². The molecule has 4 rings (SSSR count). The molecule has 3 heterocycles. The fourth-order valence-electron chi connectivity index (χ4n) is 3.50. The van der Waals surface area contributed by atoms with Gasteiger partial charge in [0.15, 0.2) is 0 Å². The minimum absolute atomic E-state index is 0.0203. The molecule has 0 radical (unpaired) electrons. The summed E-state index contributed by atoms with van der Waals surface area (Å²) in [4.78, 5) is 55.1. The van der Waals surface area contributed by atoms with Crippen LogP contribution >= 0.6 is 0 Å². The van der Waals surface area contributed by atoms with Gasteiger partial charge in [0, 0.05) is 31.2 Å². The van der Waals surface area contributed by atoms with Crippen molar-refractivity contribution in [1.29, 1.82) is 0 Å². The Bertz CT molecular complexity index is 1160. The van der Waals surface area contributed by atoms with Gasteiger partial charge in [-0.2, -0.15) is 4.98 Å². The van der Waals surface area contributed by atoms with E-state index in [9.17, 15) is 23.6 Å². The van der Waals surface area contributed by atoms with Crippen molar-refractivity contribution < 1.29 is 32.8 Å². The van der Waals surface area contributed by atoms with Crippen LogP contribution in [0.1, 0.15) is 18.7 Å². The van der Waals surface area contributed by atoms with E-state index in [0.717, 1.165) is 11.0 Å². The summed E-state index contributed by atoms with van der Waals surface area (Å²) in [6.45, 7) is -0.0203. The molecule has 1 fully saturated rings. The number of benzene rings is 1. The van der Waals surface area contributed by atoms with Crippen LogP contribution in [0.2, 0.25) is 0 Å². The molecule has 1 atom stereocenters. The highest BCUT2D eigenvalue weighted by Gasteiger charge is 2.43. The van der Waals surface area contributed by atoms with Crippen molar-refractivity contribution in [3.63, 3.8) is 0 Å². The number of hydrogen-bond acceptors (Lipinski definition) is 9. The molecule has 1 saturated heterocycles. The lowest BCUT2D eigenvalue weighted by atomic mass is 10.0. The normalized spacial score (nSPS) is 18.7. The highest BCUT2D eigenvalue weighted by Crippen LogP contribution is 2.26. The largest absolute Gasteiger partial charge is 0.497 e. The monoisotopic (exact) mass is 443 g/mol. The van der Waals surface area contributed by atoms with Gasteiger partial charge in [-0.3, -0.25) is 29.4 Å². The van der Waals surface area contributed by atoms with E-state index in [2.05, 4.69) is 15.5 Å². The number of hydrogen-bond donors (Lipinski definition) is 1. The maximum atomic E-state index is 13.7. The molecule has 2 aliphatic heterocycles. The Morgan fingerprint density at radius 2 is 2.06 bits per heavy atom. The van der Waals surface area contributed by atoms with E-state index in [1.807, 2.05) is 0 Å². The number of aromatic nitrogens is 2. The number of amides is 4. The van der Waals surface area contributed by atoms with Crippen LogP contribution in [-0.4, -0.2) is 63.8 Å². The minimum atomic E-state index is -1.05. The second-order valence-corrected chi connectivity index (χ2v) is 7.26. The molecular weight excluding hydrogens is 425 g/mol. The summed E-state index contributed by atoms with van der Waals surface area (Å²) in [6.07, 6.45) is 1.21. The lowest BCUT2D eigenvalue weighted by Gasteiger charge is -2.29. The summed E-state index contributed by atoms with van der Waals surface area (Å²) in [5.74, 6) is -2.45. The smallest absolute Gasteiger partial charge is 0.277 e. The van der Waals surface area contributed by atoms with Crippen LogP contribution < -0.4 is 10.1 Å². The van der Waals surface area contributed by atoms with Gasteiger partial charge in [-0.05, 0) is 18.6 Å². The third-order valence-corrected chi connectivity index (χ3v) is 5.07. The number of nitrogens with one attached hydrogen (secondary N) is 1. The summed E-state index contributed by atoms with van der Waals surface area (Å²) >= 11 is 0. The quantitative estimate of drug-likeness (QED) is 0.628. The van der Waals surface area contributed by atoms with Crippen molar-refractivity contribution in [2.75, 3.05) is 14.2 Å². The summed E-state index contributed by atoms with van der Waals surface area (Å²) in [5.41, 5.74) is 0.377. The first-order chi connectivity index (χ1) is 15.3. The van der Waals surface area contributed by atoms with E-state index in [1.165, 1.54) is 24.1 Å². The van der Waals surface area contributed by atoms with Crippen molar-refractivity contribution in [1.82, 2.24) is 25.3 Å². The zero-order valence-electron chi connectivity index (χ0n) is 17.1. The minimum Gasteiger partial charge on any atom is -0.497 e. The molecule has 1 unspecified atom stereocenters. The molecule has 1 aromatic heterocycles. The van der Waals surface area contributed by atoms with E-state index in [0.29, 0.717) is 5.56 Å². The number of imide groups is 2. The van der Waals surface area contributed by atoms with Crippen molar-refractivity contribution >= 4 is 23.6 Å². The first-order valence-electron chi connectivity index (χ1n) is 9.58. The lowest BCUT2D eigenvalue weighted by Crippen LogP contribution is -2.54. The van der Waals surface area contributed by atoms with Crippen molar-refractivity contribution in [2.45, 2.75) is 25.4 Å². The Labute approximate surface area is 180 Å². The van der Waals surface area contributed by atoms with Crippen LogP contribution in [0.5, 0.6) is 5.75 Å². The van der Waals surface area contributed by atoms with Gasteiger partial charge in [-0.15, -0.1) is 0 Å². The van der Waals surface area contributed by atoms with Crippen LogP contribution in [0.3, 0.4) is 0 Å². The zero-order valence-corrected chi connectivity index (χ0v) is 17.1.